The number of aryl methyl sites for hydroxylation is 1. The fourth-order valence-corrected chi connectivity index (χ4v) is 2.83. The molecular weight excluding hydrogens is 292 g/mol. The van der Waals surface area contributed by atoms with Gasteiger partial charge in [-0.1, -0.05) is 18.2 Å². The third kappa shape index (κ3) is 2.81. The lowest BCUT2D eigenvalue weighted by molar-refractivity contribution is -0.117. The highest BCUT2D eigenvalue weighted by Crippen LogP contribution is 2.33. The van der Waals surface area contributed by atoms with Crippen molar-refractivity contribution in [2.75, 3.05) is 11.9 Å². The summed E-state index contributed by atoms with van der Waals surface area (Å²) in [6, 6.07) is 11.1. The SMILES string of the molecule is Cn1cc(C#N)cc1C(=O)NCCC1C(=O)Nc2ccccc21. The normalized spacial score (nSPS) is 15.7. The lowest BCUT2D eigenvalue weighted by atomic mass is 9.97. The van der Waals surface area contributed by atoms with Crippen molar-refractivity contribution in [2.45, 2.75) is 12.3 Å². The van der Waals surface area contributed by atoms with Crippen LogP contribution in [0.15, 0.2) is 36.5 Å². The lowest BCUT2D eigenvalue weighted by Gasteiger charge is -2.10. The molecule has 2 N–H and O–H groups in total. The fraction of sp³-hybridized carbons (Fsp3) is 0.235. The van der Waals surface area contributed by atoms with Crippen LogP contribution >= 0.6 is 0 Å². The Balaban J connectivity index is 1.62. The smallest absolute Gasteiger partial charge is 0.267 e. The van der Waals surface area contributed by atoms with Gasteiger partial charge < -0.3 is 15.2 Å². The zero-order valence-corrected chi connectivity index (χ0v) is 12.7. The van der Waals surface area contributed by atoms with Crippen LogP contribution < -0.4 is 10.6 Å². The highest BCUT2D eigenvalue weighted by molar-refractivity contribution is 6.02. The summed E-state index contributed by atoms with van der Waals surface area (Å²) in [7, 11) is 1.72. The van der Waals surface area contributed by atoms with E-state index in [2.05, 4.69) is 10.6 Å². The highest BCUT2D eigenvalue weighted by atomic mass is 16.2. The summed E-state index contributed by atoms with van der Waals surface area (Å²) in [5.74, 6) is -0.527. The maximum atomic E-state index is 12.2. The number of carbonyl (C=O) groups is 2. The topological polar surface area (TPSA) is 86.9 Å². The van der Waals surface area contributed by atoms with E-state index in [1.54, 1.807) is 23.9 Å². The number of benzene rings is 1. The number of anilines is 1. The molecule has 0 aliphatic carbocycles. The molecule has 0 saturated heterocycles. The van der Waals surface area contributed by atoms with Crippen LogP contribution in [0.2, 0.25) is 0 Å². The number of aromatic nitrogens is 1. The molecule has 0 fully saturated rings. The summed E-state index contributed by atoms with van der Waals surface area (Å²) < 4.78 is 1.62. The number of para-hydroxylation sites is 1. The van der Waals surface area contributed by atoms with E-state index in [0.717, 1.165) is 11.3 Å². The molecule has 0 bridgehead atoms. The number of hydrogen-bond acceptors (Lipinski definition) is 3. The number of amides is 2. The molecule has 1 aliphatic rings. The lowest BCUT2D eigenvalue weighted by Crippen LogP contribution is -2.28. The van der Waals surface area contributed by atoms with Crippen LogP contribution in [0.5, 0.6) is 0 Å². The van der Waals surface area contributed by atoms with Crippen molar-refractivity contribution in [3.63, 3.8) is 0 Å². The molecule has 1 unspecified atom stereocenters. The molecule has 1 aromatic carbocycles. The van der Waals surface area contributed by atoms with Crippen molar-refractivity contribution in [1.82, 2.24) is 9.88 Å². The molecule has 2 heterocycles. The largest absolute Gasteiger partial charge is 0.351 e. The Kier molecular flexibility index (Phi) is 3.85. The molecule has 2 aromatic rings. The van der Waals surface area contributed by atoms with E-state index in [-0.39, 0.29) is 17.7 Å². The second-order valence-corrected chi connectivity index (χ2v) is 5.51. The van der Waals surface area contributed by atoms with Crippen molar-refractivity contribution in [1.29, 1.82) is 5.26 Å². The Morgan fingerprint density at radius 2 is 2.22 bits per heavy atom. The van der Waals surface area contributed by atoms with Gasteiger partial charge in [0.2, 0.25) is 5.91 Å². The molecule has 0 radical (unpaired) electrons. The quantitative estimate of drug-likeness (QED) is 0.902. The molecule has 1 atom stereocenters. The van der Waals surface area contributed by atoms with Crippen LogP contribution in [0.4, 0.5) is 5.69 Å². The fourth-order valence-electron chi connectivity index (χ4n) is 2.83. The Morgan fingerprint density at radius 1 is 1.43 bits per heavy atom. The maximum absolute atomic E-state index is 12.2. The summed E-state index contributed by atoms with van der Waals surface area (Å²) in [6.45, 7) is 0.387. The van der Waals surface area contributed by atoms with E-state index < -0.39 is 0 Å². The first-order valence-electron chi connectivity index (χ1n) is 7.34. The van der Waals surface area contributed by atoms with Gasteiger partial charge in [-0.2, -0.15) is 5.26 Å². The van der Waals surface area contributed by atoms with Crippen LogP contribution in [-0.2, 0) is 11.8 Å². The Bertz CT molecular complexity index is 816. The third-order valence-electron chi connectivity index (χ3n) is 4.00. The molecule has 3 rings (SSSR count). The first-order valence-corrected chi connectivity index (χ1v) is 7.34. The van der Waals surface area contributed by atoms with Crippen molar-refractivity contribution < 1.29 is 9.59 Å². The van der Waals surface area contributed by atoms with Gasteiger partial charge in [0, 0.05) is 25.5 Å². The number of nitrogens with zero attached hydrogens (tertiary/aromatic N) is 2. The third-order valence-corrected chi connectivity index (χ3v) is 4.00. The van der Waals surface area contributed by atoms with E-state index in [1.807, 2.05) is 30.3 Å². The van der Waals surface area contributed by atoms with Gasteiger partial charge in [-0.15, -0.1) is 0 Å². The standard InChI is InChI=1S/C17H16N4O2/c1-21-10-11(9-18)8-15(21)17(23)19-7-6-13-12-4-2-3-5-14(12)20-16(13)22/h2-5,8,10,13H,6-7H2,1H3,(H,19,23)(H,20,22). The molecule has 116 valence electrons. The van der Waals surface area contributed by atoms with Gasteiger partial charge in [0.05, 0.1) is 11.5 Å². The zero-order chi connectivity index (χ0) is 16.4. The monoisotopic (exact) mass is 308 g/mol. The zero-order valence-electron chi connectivity index (χ0n) is 12.7. The second-order valence-electron chi connectivity index (χ2n) is 5.51. The Morgan fingerprint density at radius 3 is 2.96 bits per heavy atom. The van der Waals surface area contributed by atoms with Gasteiger partial charge in [0.25, 0.3) is 5.91 Å². The van der Waals surface area contributed by atoms with E-state index in [1.165, 1.54) is 0 Å². The first-order chi connectivity index (χ1) is 11.1. The number of nitrogens with one attached hydrogen (secondary N) is 2. The number of hydrogen-bond donors (Lipinski definition) is 2. The van der Waals surface area contributed by atoms with E-state index >= 15 is 0 Å². The minimum Gasteiger partial charge on any atom is -0.351 e. The molecule has 6 heteroatoms. The molecule has 2 amide bonds. The van der Waals surface area contributed by atoms with Crippen molar-refractivity contribution in [2.24, 2.45) is 7.05 Å². The van der Waals surface area contributed by atoms with Gasteiger partial charge >= 0.3 is 0 Å². The summed E-state index contributed by atoms with van der Waals surface area (Å²) in [6.07, 6.45) is 2.14. The van der Waals surface area contributed by atoms with Crippen LogP contribution in [0.1, 0.15) is 34.0 Å². The van der Waals surface area contributed by atoms with Gasteiger partial charge in [-0.3, -0.25) is 9.59 Å². The van der Waals surface area contributed by atoms with E-state index in [4.69, 9.17) is 5.26 Å². The predicted octanol–water partition coefficient (Wildman–Crippen LogP) is 1.75. The van der Waals surface area contributed by atoms with E-state index in [9.17, 15) is 9.59 Å². The minimum atomic E-state index is -0.249. The molecule has 23 heavy (non-hydrogen) atoms. The van der Waals surface area contributed by atoms with Crippen LogP contribution in [0, 0.1) is 11.3 Å². The molecule has 1 aliphatic heterocycles. The molecule has 6 nitrogen and oxygen atoms in total. The summed E-state index contributed by atoms with van der Waals surface area (Å²) in [4.78, 5) is 24.2. The minimum absolute atomic E-state index is 0.0360. The number of rotatable bonds is 4. The number of fused-ring (bicyclic) bond motifs is 1. The van der Waals surface area contributed by atoms with Gasteiger partial charge in [-0.05, 0) is 24.1 Å². The maximum Gasteiger partial charge on any atom is 0.267 e. The van der Waals surface area contributed by atoms with Gasteiger partial charge in [0.15, 0.2) is 0 Å². The number of nitriles is 1. The average Bonchev–Trinajstić information content (AvgIpc) is 3.07. The van der Waals surface area contributed by atoms with Crippen molar-refractivity contribution in [3.05, 3.63) is 53.3 Å². The first kappa shape index (κ1) is 14.9. The second kappa shape index (κ2) is 5.97. The van der Waals surface area contributed by atoms with Gasteiger partial charge in [-0.25, -0.2) is 0 Å². The molecule has 1 aromatic heterocycles. The average molecular weight is 308 g/mol. The Hall–Kier alpha value is -3.07. The van der Waals surface area contributed by atoms with Crippen LogP contribution in [0.3, 0.4) is 0 Å². The highest BCUT2D eigenvalue weighted by Gasteiger charge is 2.29. The van der Waals surface area contributed by atoms with Crippen molar-refractivity contribution >= 4 is 17.5 Å². The molecule has 0 spiro atoms. The molecule has 0 saturated carbocycles. The number of carbonyl (C=O) groups excluding carboxylic acids is 2. The molecular formula is C17H16N4O2. The van der Waals surface area contributed by atoms with Crippen LogP contribution in [0.25, 0.3) is 0 Å². The van der Waals surface area contributed by atoms with Crippen molar-refractivity contribution in [3.8, 4) is 6.07 Å². The van der Waals surface area contributed by atoms with Crippen LogP contribution in [-0.4, -0.2) is 22.9 Å². The summed E-state index contributed by atoms with van der Waals surface area (Å²) >= 11 is 0. The Labute approximate surface area is 133 Å². The van der Waals surface area contributed by atoms with E-state index in [0.29, 0.717) is 24.2 Å². The summed E-state index contributed by atoms with van der Waals surface area (Å²) in [5, 5.41) is 14.5. The predicted molar refractivity (Wildman–Crippen MR) is 84.9 cm³/mol. The van der Waals surface area contributed by atoms with Gasteiger partial charge in [0.1, 0.15) is 11.8 Å². The summed E-state index contributed by atoms with van der Waals surface area (Å²) in [5.41, 5.74) is 2.69.